The second kappa shape index (κ2) is 3.86. The number of para-hydroxylation sites is 1. The molecule has 5 heteroatoms. The van der Waals surface area contributed by atoms with Gasteiger partial charge in [0.25, 0.3) is 0 Å². The van der Waals surface area contributed by atoms with Gasteiger partial charge in [0.1, 0.15) is 0 Å². The molecule has 0 saturated carbocycles. The van der Waals surface area contributed by atoms with Crippen molar-refractivity contribution < 1.29 is 4.79 Å². The fraction of sp³-hybridized carbons (Fsp3) is 0.100. The largest absolute Gasteiger partial charge is 0.358 e. The lowest BCUT2D eigenvalue weighted by atomic mass is 10.2. The molecule has 1 N–H and O–H groups in total. The maximum atomic E-state index is 11.0. The number of azide groups is 1. The average molecular weight is 200 g/mol. The van der Waals surface area contributed by atoms with E-state index < -0.39 is 5.91 Å². The maximum Gasteiger partial charge on any atom is 0.224 e. The van der Waals surface area contributed by atoms with Crippen LogP contribution >= 0.6 is 0 Å². The molecule has 2 aromatic rings. The molecule has 0 aliphatic rings. The maximum absolute atomic E-state index is 11.0. The lowest BCUT2D eigenvalue weighted by Crippen LogP contribution is -1.97. The van der Waals surface area contributed by atoms with E-state index in [0.29, 0.717) is 0 Å². The fourth-order valence-corrected chi connectivity index (χ4v) is 1.48. The van der Waals surface area contributed by atoms with E-state index in [2.05, 4.69) is 15.0 Å². The molecule has 0 aliphatic carbocycles. The van der Waals surface area contributed by atoms with Crippen LogP contribution in [0.2, 0.25) is 0 Å². The summed E-state index contributed by atoms with van der Waals surface area (Å²) in [6.07, 6.45) is 0.110. The lowest BCUT2D eigenvalue weighted by molar-refractivity contribution is -0.117. The number of carbonyl (C=O) groups excluding carboxylic acids is 1. The van der Waals surface area contributed by atoms with Gasteiger partial charge in [0, 0.05) is 16.1 Å². The number of carbonyl (C=O) groups is 1. The summed E-state index contributed by atoms with van der Waals surface area (Å²) in [5.74, 6) is -0.482. The highest BCUT2D eigenvalue weighted by molar-refractivity contribution is 5.84. The molecule has 0 radical (unpaired) electrons. The van der Waals surface area contributed by atoms with Crippen molar-refractivity contribution in [3.63, 3.8) is 0 Å². The monoisotopic (exact) mass is 200 g/mol. The second-order valence-electron chi connectivity index (χ2n) is 3.14. The summed E-state index contributed by atoms with van der Waals surface area (Å²) in [4.78, 5) is 16.6. The van der Waals surface area contributed by atoms with Crippen LogP contribution in [0.5, 0.6) is 0 Å². The Hall–Kier alpha value is -2.26. The van der Waals surface area contributed by atoms with Gasteiger partial charge in [-0.25, -0.2) is 0 Å². The Labute approximate surface area is 85.3 Å². The van der Waals surface area contributed by atoms with Gasteiger partial charge < -0.3 is 4.98 Å². The average Bonchev–Trinajstić information content (AvgIpc) is 2.59. The molecule has 0 unspecified atom stereocenters. The zero-order valence-electron chi connectivity index (χ0n) is 7.84. The minimum absolute atomic E-state index is 0.110. The van der Waals surface area contributed by atoms with Gasteiger partial charge in [0.15, 0.2) is 0 Å². The SMILES string of the molecule is [N-]=[N+]=NC(=O)Cc1cc2ccccc2[nH]1. The lowest BCUT2D eigenvalue weighted by Gasteiger charge is -1.89. The summed E-state index contributed by atoms with van der Waals surface area (Å²) in [5, 5.41) is 4.05. The molecule has 1 aromatic heterocycles. The van der Waals surface area contributed by atoms with E-state index in [4.69, 9.17) is 5.53 Å². The number of rotatable bonds is 2. The molecule has 1 amide bonds. The highest BCUT2D eigenvalue weighted by atomic mass is 16.1. The summed E-state index contributed by atoms with van der Waals surface area (Å²) in [6.45, 7) is 0. The molecule has 1 aromatic carbocycles. The van der Waals surface area contributed by atoms with Crippen molar-refractivity contribution in [2.45, 2.75) is 6.42 Å². The normalized spacial score (nSPS) is 9.87. The van der Waals surface area contributed by atoms with Crippen molar-refractivity contribution in [2.24, 2.45) is 5.11 Å². The molecule has 0 atom stereocenters. The first-order valence-electron chi connectivity index (χ1n) is 4.44. The van der Waals surface area contributed by atoms with E-state index in [-0.39, 0.29) is 6.42 Å². The van der Waals surface area contributed by atoms with Gasteiger partial charge in [-0.15, -0.1) is 0 Å². The minimum Gasteiger partial charge on any atom is -0.358 e. The van der Waals surface area contributed by atoms with E-state index in [1.807, 2.05) is 30.3 Å². The van der Waals surface area contributed by atoms with Crippen LogP contribution in [0.15, 0.2) is 35.4 Å². The molecule has 5 nitrogen and oxygen atoms in total. The summed E-state index contributed by atoms with van der Waals surface area (Å²) in [7, 11) is 0. The van der Waals surface area contributed by atoms with Crippen LogP contribution in [-0.4, -0.2) is 10.9 Å². The van der Waals surface area contributed by atoms with Crippen LogP contribution in [0.3, 0.4) is 0 Å². The first-order valence-corrected chi connectivity index (χ1v) is 4.44. The molecular weight excluding hydrogens is 192 g/mol. The second-order valence-corrected chi connectivity index (χ2v) is 3.14. The van der Waals surface area contributed by atoms with Crippen molar-refractivity contribution in [1.82, 2.24) is 4.98 Å². The summed E-state index contributed by atoms with van der Waals surface area (Å²) in [6, 6.07) is 9.59. The smallest absolute Gasteiger partial charge is 0.224 e. The quantitative estimate of drug-likeness (QED) is 0.451. The number of fused-ring (bicyclic) bond motifs is 1. The van der Waals surface area contributed by atoms with Gasteiger partial charge in [-0.1, -0.05) is 18.2 Å². The van der Waals surface area contributed by atoms with Gasteiger partial charge in [-0.2, -0.15) is 0 Å². The molecule has 1 heterocycles. The third-order valence-electron chi connectivity index (χ3n) is 2.08. The van der Waals surface area contributed by atoms with Crippen LogP contribution in [0.4, 0.5) is 0 Å². The molecule has 74 valence electrons. The predicted molar refractivity (Wildman–Crippen MR) is 56.2 cm³/mol. The Bertz CT molecular complexity index is 518. The summed E-state index contributed by atoms with van der Waals surface area (Å²) < 4.78 is 0. The predicted octanol–water partition coefficient (Wildman–Crippen LogP) is 2.55. The first kappa shape index (κ1) is 9.30. The van der Waals surface area contributed by atoms with Crippen LogP contribution < -0.4 is 0 Å². The third-order valence-corrected chi connectivity index (χ3v) is 2.08. The van der Waals surface area contributed by atoms with Gasteiger partial charge in [-0.05, 0) is 28.2 Å². The molecule has 0 saturated heterocycles. The Kier molecular flexibility index (Phi) is 2.39. The Morgan fingerprint density at radius 2 is 2.27 bits per heavy atom. The zero-order valence-corrected chi connectivity index (χ0v) is 7.84. The molecule has 0 spiro atoms. The number of amides is 1. The minimum atomic E-state index is -0.482. The van der Waals surface area contributed by atoms with E-state index in [0.717, 1.165) is 16.6 Å². The molecule has 2 rings (SSSR count). The fourth-order valence-electron chi connectivity index (χ4n) is 1.48. The molecule has 0 bridgehead atoms. The van der Waals surface area contributed by atoms with Crippen molar-refractivity contribution in [1.29, 1.82) is 0 Å². The Balaban J connectivity index is 2.29. The number of aromatic amines is 1. The van der Waals surface area contributed by atoms with Gasteiger partial charge in [-0.3, -0.25) is 4.79 Å². The summed E-state index contributed by atoms with van der Waals surface area (Å²) >= 11 is 0. The van der Waals surface area contributed by atoms with E-state index in [9.17, 15) is 4.79 Å². The number of aromatic nitrogens is 1. The number of hydrogen-bond donors (Lipinski definition) is 1. The van der Waals surface area contributed by atoms with Crippen LogP contribution in [0, 0.1) is 0 Å². The number of hydrogen-bond acceptors (Lipinski definition) is 1. The standard InChI is InChI=1S/C10H8N4O/c11-14-13-10(15)6-8-5-7-3-1-2-4-9(7)12-8/h1-5,12H,6H2. The Morgan fingerprint density at radius 3 is 3.00 bits per heavy atom. The molecule has 15 heavy (non-hydrogen) atoms. The molecule has 0 fully saturated rings. The van der Waals surface area contributed by atoms with Gasteiger partial charge in [0.2, 0.25) is 5.91 Å². The highest BCUT2D eigenvalue weighted by Crippen LogP contribution is 2.14. The van der Waals surface area contributed by atoms with Crippen molar-refractivity contribution in [3.05, 3.63) is 46.5 Å². The van der Waals surface area contributed by atoms with Gasteiger partial charge in [0.05, 0.1) is 6.42 Å². The zero-order chi connectivity index (χ0) is 10.7. The molecule has 0 aliphatic heterocycles. The van der Waals surface area contributed by atoms with E-state index >= 15 is 0 Å². The van der Waals surface area contributed by atoms with E-state index in [1.165, 1.54) is 0 Å². The summed E-state index contributed by atoms with van der Waals surface area (Å²) in [5.41, 5.74) is 9.81. The van der Waals surface area contributed by atoms with Crippen LogP contribution in [-0.2, 0) is 11.2 Å². The number of nitrogens with one attached hydrogen (secondary N) is 1. The highest BCUT2D eigenvalue weighted by Gasteiger charge is 2.04. The third kappa shape index (κ3) is 1.98. The van der Waals surface area contributed by atoms with Crippen molar-refractivity contribution in [2.75, 3.05) is 0 Å². The van der Waals surface area contributed by atoms with Crippen molar-refractivity contribution >= 4 is 16.8 Å². The van der Waals surface area contributed by atoms with E-state index in [1.54, 1.807) is 0 Å². The van der Waals surface area contributed by atoms with Crippen LogP contribution in [0.25, 0.3) is 21.3 Å². The number of nitrogens with zero attached hydrogens (tertiary/aromatic N) is 3. The van der Waals surface area contributed by atoms with Crippen LogP contribution in [0.1, 0.15) is 5.69 Å². The van der Waals surface area contributed by atoms with Gasteiger partial charge >= 0.3 is 0 Å². The number of benzene rings is 1. The molecular formula is C10H8N4O. The first-order chi connectivity index (χ1) is 7.29. The Morgan fingerprint density at radius 1 is 1.47 bits per heavy atom. The topological polar surface area (TPSA) is 81.6 Å². The van der Waals surface area contributed by atoms with Crippen molar-refractivity contribution in [3.8, 4) is 0 Å². The number of H-pyrrole nitrogens is 1.